The second-order valence-electron chi connectivity index (χ2n) is 5.88. The topological polar surface area (TPSA) is 29.1 Å². The van der Waals surface area contributed by atoms with Gasteiger partial charge in [-0.2, -0.15) is 0 Å². The molecule has 1 aliphatic rings. The number of benzene rings is 2. The van der Waals surface area contributed by atoms with Crippen LogP contribution in [-0.2, 0) is 4.79 Å². The minimum Gasteiger partial charge on any atom is -0.321 e. The molecule has 0 aromatic heterocycles. The van der Waals surface area contributed by atoms with Crippen molar-refractivity contribution < 1.29 is 4.79 Å². The zero-order valence-corrected chi connectivity index (χ0v) is 12.6. The molecule has 3 rings (SSSR count). The van der Waals surface area contributed by atoms with E-state index in [1.807, 2.05) is 25.1 Å². The summed E-state index contributed by atoms with van der Waals surface area (Å²) < 4.78 is 0. The fraction of sp³-hybridized carbons (Fsp3) is 0.211. The second-order valence-corrected chi connectivity index (χ2v) is 5.88. The van der Waals surface area contributed by atoms with Crippen LogP contribution in [0.4, 0.5) is 5.69 Å². The summed E-state index contributed by atoms with van der Waals surface area (Å²) in [6.45, 7) is 6.39. The quantitative estimate of drug-likeness (QED) is 0.798. The van der Waals surface area contributed by atoms with Crippen LogP contribution < -0.4 is 5.32 Å². The maximum Gasteiger partial charge on any atom is 0.256 e. The largest absolute Gasteiger partial charge is 0.321 e. The zero-order chi connectivity index (χ0) is 15.0. The lowest BCUT2D eigenvalue weighted by Gasteiger charge is -2.05. The summed E-state index contributed by atoms with van der Waals surface area (Å²) in [5, 5.41) is 2.92. The zero-order valence-electron chi connectivity index (χ0n) is 12.6. The van der Waals surface area contributed by atoms with E-state index in [0.29, 0.717) is 5.92 Å². The first-order chi connectivity index (χ1) is 10.0. The number of hydrogen-bond acceptors (Lipinski definition) is 1. The van der Waals surface area contributed by atoms with Gasteiger partial charge in [-0.05, 0) is 42.2 Å². The first kappa shape index (κ1) is 13.6. The van der Waals surface area contributed by atoms with Crippen LogP contribution in [0.5, 0.6) is 0 Å². The van der Waals surface area contributed by atoms with Gasteiger partial charge in [-0.1, -0.05) is 49.7 Å². The summed E-state index contributed by atoms with van der Waals surface area (Å²) in [6, 6.07) is 14.4. The third-order valence-electron chi connectivity index (χ3n) is 3.87. The third-order valence-corrected chi connectivity index (χ3v) is 3.87. The van der Waals surface area contributed by atoms with Gasteiger partial charge in [0.2, 0.25) is 0 Å². The minimum absolute atomic E-state index is 0.0245. The van der Waals surface area contributed by atoms with Gasteiger partial charge in [0.15, 0.2) is 0 Å². The molecule has 1 heterocycles. The van der Waals surface area contributed by atoms with E-state index in [4.69, 9.17) is 0 Å². The highest BCUT2D eigenvalue weighted by Crippen LogP contribution is 2.33. The van der Waals surface area contributed by atoms with E-state index in [0.717, 1.165) is 28.0 Å². The van der Waals surface area contributed by atoms with E-state index in [-0.39, 0.29) is 5.91 Å². The third kappa shape index (κ3) is 2.62. The smallest absolute Gasteiger partial charge is 0.256 e. The van der Waals surface area contributed by atoms with Gasteiger partial charge in [-0.3, -0.25) is 4.79 Å². The van der Waals surface area contributed by atoms with E-state index in [1.165, 1.54) is 5.56 Å². The van der Waals surface area contributed by atoms with Gasteiger partial charge < -0.3 is 5.32 Å². The average molecular weight is 277 g/mol. The molecule has 2 aromatic carbocycles. The molecule has 0 unspecified atom stereocenters. The van der Waals surface area contributed by atoms with E-state index in [9.17, 15) is 4.79 Å². The van der Waals surface area contributed by atoms with E-state index in [1.54, 1.807) is 0 Å². The van der Waals surface area contributed by atoms with E-state index < -0.39 is 0 Å². The van der Waals surface area contributed by atoms with Gasteiger partial charge >= 0.3 is 0 Å². The number of carbonyl (C=O) groups excluding carboxylic acids is 1. The molecule has 2 heteroatoms. The molecule has 106 valence electrons. The standard InChI is InChI=1S/C19H19NO/c1-12(2)15-7-5-14(6-8-15)11-17-16-10-13(3)4-9-18(16)20-19(17)21/h4-12H,1-3H3,(H,20,21)/b17-11-. The van der Waals surface area contributed by atoms with Gasteiger partial charge in [0.05, 0.1) is 0 Å². The number of amides is 1. The maximum atomic E-state index is 12.1. The molecule has 1 N–H and O–H groups in total. The molecule has 21 heavy (non-hydrogen) atoms. The van der Waals surface area contributed by atoms with Crippen molar-refractivity contribution in [1.82, 2.24) is 0 Å². The summed E-state index contributed by atoms with van der Waals surface area (Å²) in [4.78, 5) is 12.1. The molecule has 0 atom stereocenters. The number of carbonyl (C=O) groups is 1. The molecule has 0 radical (unpaired) electrons. The first-order valence-corrected chi connectivity index (χ1v) is 7.28. The van der Waals surface area contributed by atoms with Gasteiger partial charge in [0.25, 0.3) is 5.91 Å². The highest BCUT2D eigenvalue weighted by atomic mass is 16.2. The monoisotopic (exact) mass is 277 g/mol. The van der Waals surface area contributed by atoms with Crippen LogP contribution in [0.2, 0.25) is 0 Å². The molecule has 0 saturated carbocycles. The Kier molecular flexibility index (Phi) is 3.38. The SMILES string of the molecule is Cc1ccc2c(c1)/C(=C/c1ccc(C(C)C)cc1)C(=O)N2. The summed E-state index contributed by atoms with van der Waals surface area (Å²) in [5.74, 6) is 0.494. The average Bonchev–Trinajstić information content (AvgIpc) is 2.76. The van der Waals surface area contributed by atoms with Crippen LogP contribution in [0.15, 0.2) is 42.5 Å². The number of nitrogens with one attached hydrogen (secondary N) is 1. The maximum absolute atomic E-state index is 12.1. The molecule has 1 amide bonds. The van der Waals surface area contributed by atoms with Crippen molar-refractivity contribution in [2.24, 2.45) is 0 Å². The number of fused-ring (bicyclic) bond motifs is 1. The van der Waals surface area contributed by atoms with Crippen molar-refractivity contribution in [3.8, 4) is 0 Å². The van der Waals surface area contributed by atoms with Crippen molar-refractivity contribution in [1.29, 1.82) is 0 Å². The van der Waals surface area contributed by atoms with Crippen LogP contribution in [0.25, 0.3) is 11.6 Å². The predicted molar refractivity (Wildman–Crippen MR) is 88.2 cm³/mol. The van der Waals surface area contributed by atoms with Crippen molar-refractivity contribution >= 4 is 23.2 Å². The van der Waals surface area contributed by atoms with Crippen LogP contribution in [0, 0.1) is 6.92 Å². The first-order valence-electron chi connectivity index (χ1n) is 7.28. The Morgan fingerprint density at radius 3 is 2.43 bits per heavy atom. The van der Waals surface area contributed by atoms with Crippen LogP contribution >= 0.6 is 0 Å². The van der Waals surface area contributed by atoms with E-state index in [2.05, 4.69) is 49.5 Å². The highest BCUT2D eigenvalue weighted by molar-refractivity contribution is 6.34. The molecule has 1 aliphatic heterocycles. The number of rotatable bonds is 2. The Balaban J connectivity index is 2.00. The van der Waals surface area contributed by atoms with Crippen molar-refractivity contribution in [3.05, 3.63) is 64.7 Å². The number of aryl methyl sites for hydroxylation is 1. The van der Waals surface area contributed by atoms with Gasteiger partial charge in [-0.15, -0.1) is 0 Å². The molecule has 0 aliphatic carbocycles. The van der Waals surface area contributed by atoms with Crippen LogP contribution in [0.3, 0.4) is 0 Å². The molecule has 0 spiro atoms. The second kappa shape index (κ2) is 5.21. The highest BCUT2D eigenvalue weighted by Gasteiger charge is 2.23. The lowest BCUT2D eigenvalue weighted by molar-refractivity contribution is -0.110. The molecular formula is C19H19NO. The lowest BCUT2D eigenvalue weighted by atomic mass is 9.99. The molecule has 2 nitrogen and oxygen atoms in total. The minimum atomic E-state index is -0.0245. The number of hydrogen-bond donors (Lipinski definition) is 1. The molecular weight excluding hydrogens is 258 g/mol. The van der Waals surface area contributed by atoms with Gasteiger partial charge in [-0.25, -0.2) is 0 Å². The summed E-state index contributed by atoms with van der Waals surface area (Å²) in [6.07, 6.45) is 1.96. The molecule has 0 bridgehead atoms. The lowest BCUT2D eigenvalue weighted by Crippen LogP contribution is -2.03. The van der Waals surface area contributed by atoms with Crippen molar-refractivity contribution in [2.75, 3.05) is 5.32 Å². The predicted octanol–water partition coefficient (Wildman–Crippen LogP) is 4.61. The Morgan fingerprint density at radius 1 is 1.05 bits per heavy atom. The summed E-state index contributed by atoms with van der Waals surface area (Å²) >= 11 is 0. The fourth-order valence-corrected chi connectivity index (χ4v) is 2.59. The summed E-state index contributed by atoms with van der Waals surface area (Å²) in [7, 11) is 0. The molecule has 2 aromatic rings. The van der Waals surface area contributed by atoms with Crippen molar-refractivity contribution in [3.63, 3.8) is 0 Å². The van der Waals surface area contributed by atoms with E-state index >= 15 is 0 Å². The molecule has 0 saturated heterocycles. The fourth-order valence-electron chi connectivity index (χ4n) is 2.59. The van der Waals surface area contributed by atoms with Crippen LogP contribution in [-0.4, -0.2) is 5.91 Å². The van der Waals surface area contributed by atoms with Gasteiger partial charge in [0.1, 0.15) is 0 Å². The van der Waals surface area contributed by atoms with Gasteiger partial charge in [0, 0.05) is 16.8 Å². The van der Waals surface area contributed by atoms with Crippen LogP contribution in [0.1, 0.15) is 42.0 Å². The number of anilines is 1. The normalized spacial score (nSPS) is 15.4. The Morgan fingerprint density at radius 2 is 1.76 bits per heavy atom. The Labute approximate surface area is 125 Å². The Bertz CT molecular complexity index is 724. The van der Waals surface area contributed by atoms with Crippen molar-refractivity contribution in [2.45, 2.75) is 26.7 Å². The molecule has 0 fully saturated rings. The summed E-state index contributed by atoms with van der Waals surface area (Å²) in [5.41, 5.74) is 6.16. The Hall–Kier alpha value is -2.35.